The molecule has 4 aromatic rings. The molecule has 2 aromatic heterocycles. The quantitative estimate of drug-likeness (QED) is 0.225. The van der Waals surface area contributed by atoms with Crippen molar-refractivity contribution >= 4 is 56.5 Å². The maximum absolute atomic E-state index is 13.9. The Bertz CT molecular complexity index is 1380. The molecule has 164 valence electrons. The fourth-order valence-corrected chi connectivity index (χ4v) is 6.49. The minimum atomic E-state index is -0.304. The first-order valence-electron chi connectivity index (χ1n) is 10.2. The average Bonchev–Trinajstić information content (AvgIpc) is 3.12. The highest BCUT2D eigenvalue weighted by Crippen LogP contribution is 2.38. The first-order chi connectivity index (χ1) is 15.3. The van der Waals surface area contributed by atoms with Crippen LogP contribution in [0.25, 0.3) is 15.9 Å². The summed E-state index contributed by atoms with van der Waals surface area (Å²) in [5.41, 5.74) is 2.41. The van der Waals surface area contributed by atoms with Crippen molar-refractivity contribution < 1.29 is 4.74 Å². The number of hydrogen-bond donors (Lipinski definition) is 0. The third kappa shape index (κ3) is 3.99. The van der Waals surface area contributed by atoms with Crippen LogP contribution in [-0.4, -0.2) is 15.2 Å². The summed E-state index contributed by atoms with van der Waals surface area (Å²) in [5, 5.41) is 2.38. The molecular weight excluding hydrogens is 483 g/mol. The number of ether oxygens (including phenoxy) is 1. The van der Waals surface area contributed by atoms with Crippen LogP contribution in [0.4, 0.5) is 0 Å². The Labute approximate surface area is 204 Å². The molecule has 0 atom stereocenters. The standard InChI is InChI=1S/C24H20Cl2N2O2S2/c1-24(2)11-16-18(12-30-24)32-21-19(16)22(29)28(15-8-4-3-5-9-15)23(27-21)31-13-14-7-6-10-17(25)20(14)26/h3-10H,11-13H2,1-2H3. The molecule has 5 rings (SSSR count). The van der Waals surface area contributed by atoms with Crippen LogP contribution in [0, 0.1) is 0 Å². The number of para-hydroxylation sites is 1. The molecular formula is C24H20Cl2N2O2S2. The smallest absolute Gasteiger partial charge is 0.267 e. The van der Waals surface area contributed by atoms with Gasteiger partial charge in [-0.15, -0.1) is 11.3 Å². The first kappa shape index (κ1) is 22.0. The van der Waals surface area contributed by atoms with Gasteiger partial charge in [0.25, 0.3) is 5.56 Å². The van der Waals surface area contributed by atoms with E-state index in [1.165, 1.54) is 11.8 Å². The maximum atomic E-state index is 13.9. The lowest BCUT2D eigenvalue weighted by atomic mass is 9.94. The summed E-state index contributed by atoms with van der Waals surface area (Å²) in [6.07, 6.45) is 0.693. The van der Waals surface area contributed by atoms with Crippen molar-refractivity contribution in [2.24, 2.45) is 0 Å². The van der Waals surface area contributed by atoms with E-state index in [4.69, 9.17) is 32.9 Å². The van der Waals surface area contributed by atoms with E-state index in [1.807, 2.05) is 42.5 Å². The van der Waals surface area contributed by atoms with Gasteiger partial charge in [0.2, 0.25) is 0 Å². The average molecular weight is 503 g/mol. The van der Waals surface area contributed by atoms with Gasteiger partial charge in [-0.3, -0.25) is 9.36 Å². The molecule has 32 heavy (non-hydrogen) atoms. The molecule has 0 saturated carbocycles. The lowest BCUT2D eigenvalue weighted by molar-refractivity contribution is -0.0379. The molecule has 0 spiro atoms. The molecule has 2 aromatic carbocycles. The summed E-state index contributed by atoms with van der Waals surface area (Å²) in [7, 11) is 0. The van der Waals surface area contributed by atoms with E-state index in [1.54, 1.807) is 22.0 Å². The van der Waals surface area contributed by atoms with Gasteiger partial charge in [-0.25, -0.2) is 4.98 Å². The van der Waals surface area contributed by atoms with Gasteiger partial charge in [0.15, 0.2) is 5.16 Å². The number of thioether (sulfide) groups is 1. The van der Waals surface area contributed by atoms with Crippen LogP contribution in [0.1, 0.15) is 29.9 Å². The second kappa shape index (κ2) is 8.50. The van der Waals surface area contributed by atoms with Crippen LogP contribution >= 0.6 is 46.3 Å². The number of nitrogens with zero attached hydrogens (tertiary/aromatic N) is 2. The lowest BCUT2D eigenvalue weighted by Crippen LogP contribution is -2.32. The summed E-state index contributed by atoms with van der Waals surface area (Å²) < 4.78 is 7.69. The Morgan fingerprint density at radius 1 is 1.16 bits per heavy atom. The molecule has 0 N–H and O–H groups in total. The molecule has 4 nitrogen and oxygen atoms in total. The molecule has 0 fully saturated rings. The predicted molar refractivity (Wildman–Crippen MR) is 134 cm³/mol. The van der Waals surface area contributed by atoms with Gasteiger partial charge in [0.1, 0.15) is 4.83 Å². The molecule has 0 aliphatic carbocycles. The summed E-state index contributed by atoms with van der Waals surface area (Å²) in [4.78, 5) is 20.6. The molecule has 0 amide bonds. The van der Waals surface area contributed by atoms with Crippen LogP contribution in [0.2, 0.25) is 10.0 Å². The molecule has 8 heteroatoms. The number of aromatic nitrogens is 2. The largest absolute Gasteiger partial charge is 0.370 e. The van der Waals surface area contributed by atoms with Gasteiger partial charge < -0.3 is 4.74 Å². The Morgan fingerprint density at radius 3 is 2.72 bits per heavy atom. The van der Waals surface area contributed by atoms with Crippen molar-refractivity contribution in [2.75, 3.05) is 0 Å². The number of hydrogen-bond acceptors (Lipinski definition) is 5. The van der Waals surface area contributed by atoms with E-state index in [9.17, 15) is 4.79 Å². The Morgan fingerprint density at radius 2 is 1.94 bits per heavy atom. The Hall–Kier alpha value is -1.83. The molecule has 1 aliphatic rings. The summed E-state index contributed by atoms with van der Waals surface area (Å²) in [5.74, 6) is 0.547. The normalized spacial score (nSPS) is 15.1. The number of fused-ring (bicyclic) bond motifs is 3. The van der Waals surface area contributed by atoms with Crippen LogP contribution in [0.15, 0.2) is 58.5 Å². The van der Waals surface area contributed by atoms with Crippen LogP contribution < -0.4 is 5.56 Å². The molecule has 0 saturated heterocycles. The zero-order valence-corrected chi connectivity index (χ0v) is 20.7. The maximum Gasteiger partial charge on any atom is 0.267 e. The van der Waals surface area contributed by atoms with Crippen molar-refractivity contribution in [3.8, 4) is 5.69 Å². The second-order valence-corrected chi connectivity index (χ2v) is 11.1. The second-order valence-electron chi connectivity index (χ2n) is 8.28. The topological polar surface area (TPSA) is 44.1 Å². The molecule has 0 bridgehead atoms. The van der Waals surface area contributed by atoms with E-state index < -0.39 is 0 Å². The first-order valence-corrected chi connectivity index (χ1v) is 12.7. The zero-order valence-electron chi connectivity index (χ0n) is 17.5. The summed E-state index contributed by atoms with van der Waals surface area (Å²) >= 11 is 15.6. The molecule has 3 heterocycles. The van der Waals surface area contributed by atoms with E-state index >= 15 is 0 Å². The third-order valence-corrected chi connectivity index (χ3v) is 8.42. The van der Waals surface area contributed by atoms with Gasteiger partial charge in [0.05, 0.1) is 33.3 Å². The number of thiophene rings is 1. The minimum absolute atomic E-state index is 0.0453. The highest BCUT2D eigenvalue weighted by atomic mass is 35.5. The van der Waals surface area contributed by atoms with Gasteiger partial charge in [0, 0.05) is 17.1 Å². The fraction of sp³-hybridized carbons (Fsp3) is 0.250. The fourth-order valence-electron chi connectivity index (χ4n) is 3.88. The third-order valence-electron chi connectivity index (χ3n) is 5.48. The highest BCUT2D eigenvalue weighted by Gasteiger charge is 2.31. The number of rotatable bonds is 4. The van der Waals surface area contributed by atoms with E-state index in [-0.39, 0.29) is 11.2 Å². The van der Waals surface area contributed by atoms with Gasteiger partial charge in [-0.2, -0.15) is 0 Å². The zero-order chi connectivity index (χ0) is 22.5. The van der Waals surface area contributed by atoms with Crippen molar-refractivity contribution in [1.82, 2.24) is 9.55 Å². The minimum Gasteiger partial charge on any atom is -0.370 e. The van der Waals surface area contributed by atoms with Gasteiger partial charge in [-0.05, 0) is 43.2 Å². The Balaban J connectivity index is 1.67. The summed E-state index contributed by atoms with van der Waals surface area (Å²) in [6.45, 7) is 4.62. The number of benzene rings is 2. The number of halogens is 2. The van der Waals surface area contributed by atoms with Crippen LogP contribution in [0.3, 0.4) is 0 Å². The van der Waals surface area contributed by atoms with E-state index in [0.717, 1.165) is 26.5 Å². The predicted octanol–water partition coefficient (Wildman–Crippen LogP) is 6.90. The van der Waals surface area contributed by atoms with Crippen LogP contribution in [-0.2, 0) is 23.5 Å². The molecule has 0 radical (unpaired) electrons. The van der Waals surface area contributed by atoms with Crippen molar-refractivity contribution in [3.63, 3.8) is 0 Å². The van der Waals surface area contributed by atoms with Crippen LogP contribution in [0.5, 0.6) is 0 Å². The molecule has 1 aliphatic heterocycles. The van der Waals surface area contributed by atoms with Crippen molar-refractivity contribution in [2.45, 2.75) is 43.4 Å². The van der Waals surface area contributed by atoms with E-state index in [2.05, 4.69) is 13.8 Å². The Kier molecular flexibility index (Phi) is 5.84. The van der Waals surface area contributed by atoms with Crippen molar-refractivity contribution in [3.05, 3.63) is 84.9 Å². The lowest BCUT2D eigenvalue weighted by Gasteiger charge is -2.29. The van der Waals surface area contributed by atoms with Gasteiger partial charge in [-0.1, -0.05) is 65.3 Å². The van der Waals surface area contributed by atoms with Crippen molar-refractivity contribution in [1.29, 1.82) is 0 Å². The van der Waals surface area contributed by atoms with Gasteiger partial charge >= 0.3 is 0 Å². The van der Waals surface area contributed by atoms with E-state index in [0.29, 0.717) is 39.4 Å². The SMILES string of the molecule is CC1(C)Cc2c(sc3nc(SCc4cccc(Cl)c4Cl)n(-c4ccccc4)c(=O)c23)CO1. The molecule has 0 unspecified atom stereocenters. The summed E-state index contributed by atoms with van der Waals surface area (Å²) in [6, 6.07) is 15.2. The highest BCUT2D eigenvalue weighted by molar-refractivity contribution is 7.98. The monoisotopic (exact) mass is 502 g/mol.